The summed E-state index contributed by atoms with van der Waals surface area (Å²) >= 11 is 0. The van der Waals surface area contributed by atoms with Gasteiger partial charge >= 0.3 is 0 Å². The zero-order valence-corrected chi connectivity index (χ0v) is 10.7. The van der Waals surface area contributed by atoms with Gasteiger partial charge < -0.3 is 16.0 Å². The monoisotopic (exact) mass is 241 g/mol. The van der Waals surface area contributed by atoms with Crippen molar-refractivity contribution in [3.05, 3.63) is 0 Å². The summed E-state index contributed by atoms with van der Waals surface area (Å²) in [4.78, 5) is 24.9. The summed E-state index contributed by atoms with van der Waals surface area (Å²) in [5, 5.41) is 2.53. The van der Waals surface area contributed by atoms with Crippen LogP contribution in [0, 0.1) is 5.92 Å². The molecule has 1 atom stereocenters. The Morgan fingerprint density at radius 2 is 2.12 bits per heavy atom. The third-order valence-electron chi connectivity index (χ3n) is 3.10. The SMILES string of the molecule is CCCN(CC(=O)NC)C(=O)CC(N)C1CC1. The van der Waals surface area contributed by atoms with Crippen molar-refractivity contribution in [2.45, 2.75) is 38.6 Å². The molecule has 2 amide bonds. The highest BCUT2D eigenvalue weighted by Gasteiger charge is 2.31. The first-order valence-electron chi connectivity index (χ1n) is 6.32. The van der Waals surface area contributed by atoms with Crippen LogP contribution in [0.1, 0.15) is 32.6 Å². The van der Waals surface area contributed by atoms with Gasteiger partial charge in [-0.1, -0.05) is 6.92 Å². The molecule has 0 radical (unpaired) electrons. The van der Waals surface area contributed by atoms with Crippen LogP contribution in [0.2, 0.25) is 0 Å². The highest BCUT2D eigenvalue weighted by atomic mass is 16.2. The number of nitrogens with one attached hydrogen (secondary N) is 1. The van der Waals surface area contributed by atoms with Crippen molar-refractivity contribution in [3.63, 3.8) is 0 Å². The molecule has 0 spiro atoms. The Kier molecular flexibility index (Phi) is 5.41. The van der Waals surface area contributed by atoms with Crippen molar-refractivity contribution < 1.29 is 9.59 Å². The molecule has 1 unspecified atom stereocenters. The van der Waals surface area contributed by atoms with Gasteiger partial charge in [0.05, 0.1) is 6.54 Å². The number of likely N-dealkylation sites (N-methyl/N-ethyl adjacent to an activating group) is 1. The van der Waals surface area contributed by atoms with Crippen LogP contribution in [0.15, 0.2) is 0 Å². The summed E-state index contributed by atoms with van der Waals surface area (Å²) in [5.41, 5.74) is 5.93. The predicted molar refractivity (Wildman–Crippen MR) is 66.3 cm³/mol. The van der Waals surface area contributed by atoms with Crippen molar-refractivity contribution in [3.8, 4) is 0 Å². The fraction of sp³-hybridized carbons (Fsp3) is 0.833. The standard InChI is InChI=1S/C12H23N3O2/c1-3-6-15(8-11(16)14-2)12(17)7-10(13)9-4-5-9/h9-10H,3-8,13H2,1-2H3,(H,14,16). The van der Waals surface area contributed by atoms with Gasteiger partial charge in [0.2, 0.25) is 11.8 Å². The van der Waals surface area contributed by atoms with Gasteiger partial charge in [-0.05, 0) is 25.2 Å². The quantitative estimate of drug-likeness (QED) is 0.663. The Labute approximate surface area is 103 Å². The minimum absolute atomic E-state index is 0.00477. The first-order chi connectivity index (χ1) is 8.08. The van der Waals surface area contributed by atoms with Gasteiger partial charge in [-0.3, -0.25) is 9.59 Å². The number of carbonyl (C=O) groups excluding carboxylic acids is 2. The summed E-state index contributed by atoms with van der Waals surface area (Å²) in [6.07, 6.45) is 3.48. The van der Waals surface area contributed by atoms with Crippen LogP contribution in [0.5, 0.6) is 0 Å². The van der Waals surface area contributed by atoms with Gasteiger partial charge in [0.1, 0.15) is 0 Å². The zero-order valence-electron chi connectivity index (χ0n) is 10.7. The van der Waals surface area contributed by atoms with E-state index in [1.165, 1.54) is 0 Å². The highest BCUT2D eigenvalue weighted by Crippen LogP contribution is 2.32. The lowest BCUT2D eigenvalue weighted by Crippen LogP contribution is -2.42. The molecule has 3 N–H and O–H groups in total. The maximum atomic E-state index is 12.0. The van der Waals surface area contributed by atoms with E-state index in [9.17, 15) is 9.59 Å². The van der Waals surface area contributed by atoms with Crippen LogP contribution < -0.4 is 11.1 Å². The molecule has 0 aromatic heterocycles. The number of nitrogens with two attached hydrogens (primary N) is 1. The molecule has 0 aromatic carbocycles. The van der Waals surface area contributed by atoms with E-state index < -0.39 is 0 Å². The molecule has 1 saturated carbocycles. The first kappa shape index (κ1) is 14.0. The lowest BCUT2D eigenvalue weighted by Gasteiger charge is -2.22. The molecule has 0 bridgehead atoms. The molecule has 1 aliphatic carbocycles. The predicted octanol–water partition coefficient (Wildman–Crippen LogP) is 0.0984. The van der Waals surface area contributed by atoms with E-state index in [0.717, 1.165) is 19.3 Å². The van der Waals surface area contributed by atoms with Gasteiger partial charge in [-0.25, -0.2) is 0 Å². The topological polar surface area (TPSA) is 75.4 Å². The number of nitrogens with zero attached hydrogens (tertiary/aromatic N) is 1. The van der Waals surface area contributed by atoms with Crippen LogP contribution in [-0.4, -0.2) is 42.9 Å². The lowest BCUT2D eigenvalue weighted by atomic mass is 10.1. The lowest BCUT2D eigenvalue weighted by molar-refractivity contribution is -0.136. The summed E-state index contributed by atoms with van der Waals surface area (Å²) in [5.74, 6) is 0.379. The second-order valence-corrected chi connectivity index (χ2v) is 4.69. The molecule has 5 heteroatoms. The summed E-state index contributed by atoms with van der Waals surface area (Å²) in [7, 11) is 1.58. The van der Waals surface area contributed by atoms with E-state index in [1.807, 2.05) is 6.92 Å². The molecule has 0 saturated heterocycles. The second kappa shape index (κ2) is 6.59. The van der Waals surface area contributed by atoms with Crippen LogP contribution in [-0.2, 0) is 9.59 Å². The van der Waals surface area contributed by atoms with E-state index in [-0.39, 0.29) is 24.4 Å². The molecular formula is C12H23N3O2. The third kappa shape index (κ3) is 4.73. The van der Waals surface area contributed by atoms with Crippen molar-refractivity contribution >= 4 is 11.8 Å². The Bertz CT molecular complexity index is 277. The van der Waals surface area contributed by atoms with Gasteiger partial charge in [-0.2, -0.15) is 0 Å². The van der Waals surface area contributed by atoms with E-state index >= 15 is 0 Å². The maximum absolute atomic E-state index is 12.0. The number of hydrogen-bond acceptors (Lipinski definition) is 3. The number of carbonyl (C=O) groups is 2. The van der Waals surface area contributed by atoms with E-state index in [1.54, 1.807) is 11.9 Å². The molecule has 1 aliphatic rings. The van der Waals surface area contributed by atoms with Gasteiger partial charge in [0.15, 0.2) is 0 Å². The minimum Gasteiger partial charge on any atom is -0.358 e. The van der Waals surface area contributed by atoms with Crippen molar-refractivity contribution in [1.29, 1.82) is 0 Å². The smallest absolute Gasteiger partial charge is 0.239 e. The summed E-state index contributed by atoms with van der Waals surface area (Å²) < 4.78 is 0. The number of rotatable bonds is 7. The van der Waals surface area contributed by atoms with Crippen molar-refractivity contribution in [2.75, 3.05) is 20.1 Å². The van der Waals surface area contributed by atoms with Crippen LogP contribution in [0.4, 0.5) is 0 Å². The Morgan fingerprint density at radius 1 is 1.47 bits per heavy atom. The molecule has 0 heterocycles. The summed E-state index contributed by atoms with van der Waals surface area (Å²) in [6.45, 7) is 2.75. The fourth-order valence-electron chi connectivity index (χ4n) is 1.84. The third-order valence-corrected chi connectivity index (χ3v) is 3.10. The highest BCUT2D eigenvalue weighted by molar-refractivity contribution is 5.84. The molecule has 1 rings (SSSR count). The molecule has 98 valence electrons. The molecular weight excluding hydrogens is 218 g/mol. The Hall–Kier alpha value is -1.10. The van der Waals surface area contributed by atoms with Gasteiger partial charge in [0.25, 0.3) is 0 Å². The van der Waals surface area contributed by atoms with Crippen LogP contribution in [0.3, 0.4) is 0 Å². The average Bonchev–Trinajstić information content (AvgIpc) is 3.11. The minimum atomic E-state index is -0.133. The molecule has 1 fully saturated rings. The second-order valence-electron chi connectivity index (χ2n) is 4.69. The Balaban J connectivity index is 2.43. The normalized spacial score (nSPS) is 16.4. The van der Waals surface area contributed by atoms with E-state index in [4.69, 9.17) is 5.73 Å². The first-order valence-corrected chi connectivity index (χ1v) is 6.32. The number of amides is 2. The van der Waals surface area contributed by atoms with Gasteiger partial charge in [-0.15, -0.1) is 0 Å². The van der Waals surface area contributed by atoms with E-state index in [2.05, 4.69) is 5.32 Å². The molecule has 5 nitrogen and oxygen atoms in total. The zero-order chi connectivity index (χ0) is 12.8. The summed E-state index contributed by atoms with van der Waals surface area (Å²) in [6, 6.07) is -0.0356. The maximum Gasteiger partial charge on any atom is 0.239 e. The van der Waals surface area contributed by atoms with Crippen LogP contribution >= 0.6 is 0 Å². The molecule has 0 aliphatic heterocycles. The van der Waals surface area contributed by atoms with E-state index in [0.29, 0.717) is 18.9 Å². The van der Waals surface area contributed by atoms with Gasteiger partial charge in [0, 0.05) is 26.1 Å². The molecule has 17 heavy (non-hydrogen) atoms. The largest absolute Gasteiger partial charge is 0.358 e. The van der Waals surface area contributed by atoms with Crippen molar-refractivity contribution in [2.24, 2.45) is 11.7 Å². The number of hydrogen-bond donors (Lipinski definition) is 2. The molecule has 0 aromatic rings. The average molecular weight is 241 g/mol. The van der Waals surface area contributed by atoms with Crippen molar-refractivity contribution in [1.82, 2.24) is 10.2 Å². The fourth-order valence-corrected chi connectivity index (χ4v) is 1.84. The van der Waals surface area contributed by atoms with Crippen LogP contribution in [0.25, 0.3) is 0 Å². The Morgan fingerprint density at radius 3 is 2.59 bits per heavy atom.